The molecule has 3 heterocycles. The summed E-state index contributed by atoms with van der Waals surface area (Å²) in [7, 11) is 0. The number of hydrogen-bond donors (Lipinski definition) is 13. The highest BCUT2D eigenvalue weighted by Crippen LogP contribution is 2.43. The largest absolute Gasteiger partial charge is 0.394 e. The zero-order valence-corrected chi connectivity index (χ0v) is 28.2. The van der Waals surface area contributed by atoms with Crippen LogP contribution in [0.4, 0.5) is 0 Å². The maximum atomic E-state index is 13.4. The molecule has 0 radical (unpaired) electrons. The molecule has 0 aromatic rings. The second-order valence-electron chi connectivity index (χ2n) is 14.4. The molecular formula is C31H55N7O13. The molecular weight excluding hydrogens is 678 g/mol. The summed E-state index contributed by atoms with van der Waals surface area (Å²) in [5, 5.41) is 72.5. The van der Waals surface area contributed by atoms with Gasteiger partial charge in [-0.3, -0.25) is 10.2 Å². The van der Waals surface area contributed by atoms with Gasteiger partial charge in [-0.1, -0.05) is 12.2 Å². The van der Waals surface area contributed by atoms with Crippen LogP contribution in [-0.4, -0.2) is 166 Å². The lowest BCUT2D eigenvalue weighted by Gasteiger charge is -2.47. The fourth-order valence-electron chi connectivity index (χ4n) is 7.65. The SMILES string of the molecule is N=C(N)CC1CC(O)(C(=O)C[C@@H]2C[C@H](N)[C@@H](O[C@H]3O[C@H](CN)C=C[C@H]3N)[C@H](O[C@@H]3O[C@H](CO)[C@@H](O[C@H]4O[C@@H](CN)[C@@H](O)[C@H](O)[C@H]4N)[C@H]3O)[C@H]2O)C1. The Morgan fingerprint density at radius 2 is 1.45 bits per heavy atom. The zero-order valence-electron chi connectivity index (χ0n) is 28.2. The van der Waals surface area contributed by atoms with Gasteiger partial charge >= 0.3 is 0 Å². The lowest BCUT2D eigenvalue weighted by molar-refractivity contribution is -0.286. The molecule has 20 nitrogen and oxygen atoms in total. The molecule has 2 saturated heterocycles. The predicted octanol–water partition coefficient (Wildman–Crippen LogP) is -6.35. The lowest BCUT2D eigenvalue weighted by atomic mass is 9.65. The van der Waals surface area contributed by atoms with Crippen molar-refractivity contribution in [1.82, 2.24) is 0 Å². The lowest BCUT2D eigenvalue weighted by Crippen LogP contribution is -2.64. The smallest absolute Gasteiger partial charge is 0.187 e. The third kappa shape index (κ3) is 8.63. The number of nitrogens with one attached hydrogen (secondary N) is 1. The third-order valence-corrected chi connectivity index (χ3v) is 10.6. The molecule has 20 heteroatoms. The van der Waals surface area contributed by atoms with Crippen molar-refractivity contribution in [2.24, 2.45) is 46.2 Å². The Morgan fingerprint density at radius 1 is 0.804 bits per heavy atom. The van der Waals surface area contributed by atoms with Crippen LogP contribution in [0, 0.1) is 17.2 Å². The number of hydrogen-bond acceptors (Lipinski definition) is 19. The summed E-state index contributed by atoms with van der Waals surface area (Å²) >= 11 is 0. The molecule has 0 bridgehead atoms. The summed E-state index contributed by atoms with van der Waals surface area (Å²) < 4.78 is 35.7. The van der Waals surface area contributed by atoms with Gasteiger partial charge in [-0.15, -0.1) is 0 Å². The summed E-state index contributed by atoms with van der Waals surface area (Å²) in [6.45, 7) is -0.716. The van der Waals surface area contributed by atoms with Gasteiger partial charge < -0.3 is 93.5 Å². The van der Waals surface area contributed by atoms with E-state index in [0.717, 1.165) is 0 Å². The number of ketones is 1. The van der Waals surface area contributed by atoms with Crippen molar-refractivity contribution in [2.75, 3.05) is 19.7 Å². The van der Waals surface area contributed by atoms with E-state index in [1.807, 2.05) is 0 Å². The summed E-state index contributed by atoms with van der Waals surface area (Å²) in [5.41, 5.74) is 34.2. The summed E-state index contributed by atoms with van der Waals surface area (Å²) in [6.07, 6.45) is -13.0. The van der Waals surface area contributed by atoms with Crippen LogP contribution in [0.1, 0.15) is 32.1 Å². The maximum absolute atomic E-state index is 13.4. The fourth-order valence-corrected chi connectivity index (χ4v) is 7.65. The van der Waals surface area contributed by atoms with Gasteiger partial charge in [0.05, 0.1) is 36.7 Å². The van der Waals surface area contributed by atoms with Crippen molar-refractivity contribution in [3.05, 3.63) is 12.2 Å². The first kappa shape index (κ1) is 40.4. The van der Waals surface area contributed by atoms with Crippen molar-refractivity contribution in [2.45, 2.75) is 136 Å². The number of carbonyl (C=O) groups is 1. The minimum atomic E-state index is -1.64. The van der Waals surface area contributed by atoms with Crippen LogP contribution in [0.15, 0.2) is 12.2 Å². The average molecular weight is 734 g/mol. The Bertz CT molecular complexity index is 1230. The summed E-state index contributed by atoms with van der Waals surface area (Å²) in [5.74, 6) is -1.50. The molecule has 0 amide bonds. The number of carbonyl (C=O) groups excluding carboxylic acids is 1. The van der Waals surface area contributed by atoms with E-state index in [1.54, 1.807) is 12.2 Å². The van der Waals surface area contributed by atoms with E-state index in [9.17, 15) is 35.4 Å². The fraction of sp³-hybridized carbons (Fsp3) is 0.871. The van der Waals surface area contributed by atoms with Crippen LogP contribution in [0.2, 0.25) is 0 Å². The molecule has 0 aromatic carbocycles. The van der Waals surface area contributed by atoms with Gasteiger partial charge in [-0.05, 0) is 31.1 Å². The number of rotatable bonds is 14. The van der Waals surface area contributed by atoms with E-state index < -0.39 is 122 Å². The third-order valence-electron chi connectivity index (χ3n) is 10.6. The minimum Gasteiger partial charge on any atom is -0.394 e. The molecule has 5 rings (SSSR count). The highest BCUT2D eigenvalue weighted by atomic mass is 16.8. The quantitative estimate of drug-likeness (QED) is 0.0448. The molecule has 4 fully saturated rings. The van der Waals surface area contributed by atoms with Crippen LogP contribution in [0.5, 0.6) is 0 Å². The van der Waals surface area contributed by atoms with Crippen molar-refractivity contribution < 1.29 is 63.9 Å². The van der Waals surface area contributed by atoms with E-state index in [-0.39, 0.29) is 56.9 Å². The topological polar surface area (TPSA) is 374 Å². The molecule has 2 saturated carbocycles. The molecule has 0 aromatic heterocycles. The van der Waals surface area contributed by atoms with Crippen LogP contribution in [0.25, 0.3) is 0 Å². The normalized spacial score (nSPS) is 48.7. The van der Waals surface area contributed by atoms with Gasteiger partial charge in [0.15, 0.2) is 24.7 Å². The Morgan fingerprint density at radius 3 is 2.08 bits per heavy atom. The van der Waals surface area contributed by atoms with Crippen molar-refractivity contribution >= 4 is 11.6 Å². The van der Waals surface area contributed by atoms with Crippen LogP contribution in [-0.2, 0) is 33.2 Å². The van der Waals surface area contributed by atoms with E-state index in [1.165, 1.54) is 0 Å². The Labute approximate surface area is 294 Å². The molecule has 51 heavy (non-hydrogen) atoms. The second-order valence-corrected chi connectivity index (χ2v) is 14.4. The minimum absolute atomic E-state index is 0.0400. The highest BCUT2D eigenvalue weighted by molar-refractivity contribution is 5.89. The maximum Gasteiger partial charge on any atom is 0.187 e. The number of ether oxygens (including phenoxy) is 6. The van der Waals surface area contributed by atoms with Crippen molar-refractivity contribution in [1.29, 1.82) is 5.41 Å². The molecule has 0 spiro atoms. The first-order chi connectivity index (χ1) is 24.1. The summed E-state index contributed by atoms with van der Waals surface area (Å²) in [6, 6.07) is -2.90. The predicted molar refractivity (Wildman–Crippen MR) is 175 cm³/mol. The molecule has 19 N–H and O–H groups in total. The first-order valence-corrected chi connectivity index (χ1v) is 17.3. The van der Waals surface area contributed by atoms with Gasteiger partial charge in [-0.25, -0.2) is 0 Å². The van der Waals surface area contributed by atoms with Gasteiger partial charge in [0, 0.05) is 32.0 Å². The number of aliphatic hydroxyl groups excluding tert-OH is 5. The standard InChI is InChI=1S/C31H55N7O13/c32-8-13-1-2-14(34)28(46-13)49-25-15(35)4-12(5-18(40)31(45)6-11(7-31)3-19(36)37)21(41)27(25)51-30-24(44)26(17(10-39)48-30)50-29-20(38)23(43)22(42)16(9-33)47-29/h1-2,11-17,20-30,39,41-45H,3-10,32-35,38H2,(H3,36,37)/t11?,12-,13-,14+,15-,16-,17+,20+,21-,22+,23+,24+,25+,26+,27+,28+,29+,30-,31?/m0/s1. The average Bonchev–Trinajstić information content (AvgIpc) is 3.37. The monoisotopic (exact) mass is 733 g/mol. The number of aliphatic hydroxyl groups is 6. The van der Waals surface area contributed by atoms with Crippen LogP contribution in [0.3, 0.4) is 0 Å². The van der Waals surface area contributed by atoms with E-state index in [0.29, 0.717) is 0 Å². The number of nitrogens with two attached hydrogens (primary N) is 6. The highest BCUT2D eigenvalue weighted by Gasteiger charge is 2.55. The van der Waals surface area contributed by atoms with E-state index >= 15 is 0 Å². The number of Topliss-reactive ketones (excluding diaryl/α,β-unsaturated/α-hetero) is 1. The second kappa shape index (κ2) is 16.7. The Kier molecular flexibility index (Phi) is 13.2. The molecule has 3 aliphatic heterocycles. The molecule has 0 unspecified atom stereocenters. The van der Waals surface area contributed by atoms with Gasteiger partial charge in [0.2, 0.25) is 0 Å². The van der Waals surface area contributed by atoms with Crippen LogP contribution < -0.4 is 34.4 Å². The van der Waals surface area contributed by atoms with E-state index in [2.05, 4.69) is 0 Å². The Balaban J connectivity index is 1.34. The molecule has 5 aliphatic rings. The van der Waals surface area contributed by atoms with Gasteiger partial charge in [0.1, 0.15) is 54.4 Å². The van der Waals surface area contributed by atoms with Crippen LogP contribution >= 0.6 is 0 Å². The first-order valence-electron chi connectivity index (χ1n) is 17.3. The van der Waals surface area contributed by atoms with Gasteiger partial charge in [0.25, 0.3) is 0 Å². The van der Waals surface area contributed by atoms with Gasteiger partial charge in [-0.2, -0.15) is 0 Å². The van der Waals surface area contributed by atoms with Crippen molar-refractivity contribution in [3.8, 4) is 0 Å². The molecule has 17 atom stereocenters. The summed E-state index contributed by atoms with van der Waals surface area (Å²) in [4.78, 5) is 13.4. The number of amidine groups is 1. The Hall–Kier alpha value is -1.80. The van der Waals surface area contributed by atoms with E-state index in [4.69, 9.17) is 68.2 Å². The molecule has 292 valence electrons. The van der Waals surface area contributed by atoms with Crippen molar-refractivity contribution in [3.63, 3.8) is 0 Å². The zero-order chi connectivity index (χ0) is 37.4. The molecule has 2 aliphatic carbocycles.